The molecule has 2 rings (SSSR count). The maximum absolute atomic E-state index is 12.5. The fourth-order valence-electron chi connectivity index (χ4n) is 3.16. The monoisotopic (exact) mass is 274 g/mol. The van der Waals surface area contributed by atoms with Gasteiger partial charge in [0.25, 0.3) is 0 Å². The Kier molecular flexibility index (Phi) is 4.81. The maximum Gasteiger partial charge on any atom is 0.244 e. The quantitative estimate of drug-likeness (QED) is 0.917. The molecule has 1 heterocycles. The minimum atomic E-state index is -0.521. The highest BCUT2D eigenvalue weighted by Gasteiger charge is 2.34. The first kappa shape index (κ1) is 15.0. The zero-order valence-electron chi connectivity index (χ0n) is 12.6. The molecule has 110 valence electrons. The molecule has 3 heteroatoms. The van der Waals surface area contributed by atoms with Crippen LogP contribution in [0.1, 0.15) is 51.1 Å². The van der Waals surface area contributed by atoms with E-state index in [4.69, 9.17) is 5.73 Å². The van der Waals surface area contributed by atoms with E-state index in [1.165, 1.54) is 12.8 Å². The predicted octanol–water partition coefficient (Wildman–Crippen LogP) is 3.12. The van der Waals surface area contributed by atoms with Crippen molar-refractivity contribution in [3.63, 3.8) is 0 Å². The zero-order valence-corrected chi connectivity index (χ0v) is 12.6. The van der Waals surface area contributed by atoms with Crippen LogP contribution in [0.15, 0.2) is 30.3 Å². The molecule has 1 aliphatic rings. The summed E-state index contributed by atoms with van der Waals surface area (Å²) in [6, 6.07) is 9.13. The minimum absolute atomic E-state index is 0.0667. The molecule has 0 spiro atoms. The van der Waals surface area contributed by atoms with Crippen LogP contribution in [0.5, 0.6) is 0 Å². The molecule has 20 heavy (non-hydrogen) atoms. The third-order valence-corrected chi connectivity index (χ3v) is 5.06. The number of carbonyl (C=O) groups excluding carboxylic acids is 1. The fourth-order valence-corrected chi connectivity index (χ4v) is 3.16. The molecule has 1 saturated heterocycles. The highest BCUT2D eigenvalue weighted by Crippen LogP contribution is 2.38. The van der Waals surface area contributed by atoms with E-state index in [1.807, 2.05) is 35.2 Å². The van der Waals surface area contributed by atoms with Crippen molar-refractivity contribution in [2.24, 2.45) is 11.1 Å². The summed E-state index contributed by atoms with van der Waals surface area (Å²) in [5, 5.41) is 0. The standard InChI is InChI=1S/C17H26N2O/c1-3-17(4-2)10-12-19(13-11-17)16(20)15(18)14-8-6-5-7-9-14/h5-9,15H,3-4,10-13,18H2,1-2H3. The molecular formula is C17H26N2O. The van der Waals surface area contributed by atoms with Crippen LogP contribution in [0.3, 0.4) is 0 Å². The molecule has 1 fully saturated rings. The summed E-state index contributed by atoms with van der Waals surface area (Å²) in [4.78, 5) is 14.4. The summed E-state index contributed by atoms with van der Waals surface area (Å²) in [6.45, 7) is 6.22. The van der Waals surface area contributed by atoms with Crippen LogP contribution < -0.4 is 5.73 Å². The van der Waals surface area contributed by atoms with Crippen molar-refractivity contribution in [1.82, 2.24) is 4.90 Å². The Hall–Kier alpha value is -1.35. The van der Waals surface area contributed by atoms with Crippen LogP contribution >= 0.6 is 0 Å². The Morgan fingerprint density at radius 1 is 1.20 bits per heavy atom. The van der Waals surface area contributed by atoms with Gasteiger partial charge in [0.1, 0.15) is 6.04 Å². The van der Waals surface area contributed by atoms with E-state index in [9.17, 15) is 4.79 Å². The molecule has 1 aliphatic heterocycles. The lowest BCUT2D eigenvalue weighted by atomic mass is 9.74. The molecule has 0 aliphatic carbocycles. The minimum Gasteiger partial charge on any atom is -0.341 e. The second-order valence-corrected chi connectivity index (χ2v) is 5.92. The third kappa shape index (κ3) is 3.04. The molecule has 2 N–H and O–H groups in total. The summed E-state index contributed by atoms with van der Waals surface area (Å²) >= 11 is 0. The number of piperidine rings is 1. The Bertz CT molecular complexity index is 430. The lowest BCUT2D eigenvalue weighted by Crippen LogP contribution is -2.46. The largest absolute Gasteiger partial charge is 0.341 e. The van der Waals surface area contributed by atoms with Gasteiger partial charge in [-0.05, 0) is 23.8 Å². The van der Waals surface area contributed by atoms with Crippen molar-refractivity contribution in [3.05, 3.63) is 35.9 Å². The van der Waals surface area contributed by atoms with E-state index < -0.39 is 6.04 Å². The van der Waals surface area contributed by atoms with Gasteiger partial charge in [-0.2, -0.15) is 0 Å². The van der Waals surface area contributed by atoms with Gasteiger partial charge in [-0.25, -0.2) is 0 Å². The first-order valence-electron chi connectivity index (χ1n) is 7.71. The summed E-state index contributed by atoms with van der Waals surface area (Å²) in [5.41, 5.74) is 7.45. The molecule has 0 bridgehead atoms. The van der Waals surface area contributed by atoms with Gasteiger partial charge in [-0.3, -0.25) is 4.79 Å². The van der Waals surface area contributed by atoms with E-state index in [0.717, 1.165) is 31.5 Å². The molecular weight excluding hydrogens is 248 g/mol. The maximum atomic E-state index is 12.5. The van der Waals surface area contributed by atoms with Gasteiger partial charge < -0.3 is 10.6 Å². The highest BCUT2D eigenvalue weighted by atomic mass is 16.2. The highest BCUT2D eigenvalue weighted by molar-refractivity contribution is 5.83. The van der Waals surface area contributed by atoms with E-state index in [2.05, 4.69) is 13.8 Å². The molecule has 0 saturated carbocycles. The third-order valence-electron chi connectivity index (χ3n) is 5.06. The SMILES string of the molecule is CCC1(CC)CCN(C(=O)C(N)c2ccccc2)CC1. The van der Waals surface area contributed by atoms with Crippen molar-refractivity contribution < 1.29 is 4.79 Å². The number of hydrogen-bond acceptors (Lipinski definition) is 2. The number of nitrogens with two attached hydrogens (primary N) is 1. The van der Waals surface area contributed by atoms with Gasteiger partial charge in [0.2, 0.25) is 5.91 Å². The van der Waals surface area contributed by atoms with Crippen LogP contribution in [0.25, 0.3) is 0 Å². The van der Waals surface area contributed by atoms with Crippen molar-refractivity contribution in [2.45, 2.75) is 45.6 Å². The van der Waals surface area contributed by atoms with Crippen LogP contribution in [0, 0.1) is 5.41 Å². The summed E-state index contributed by atoms with van der Waals surface area (Å²) in [6.07, 6.45) is 4.62. The Labute approximate surface area is 122 Å². The van der Waals surface area contributed by atoms with Gasteiger partial charge in [0.15, 0.2) is 0 Å². The Morgan fingerprint density at radius 2 is 1.75 bits per heavy atom. The molecule has 1 unspecified atom stereocenters. The van der Waals surface area contributed by atoms with Gasteiger partial charge in [0, 0.05) is 13.1 Å². The van der Waals surface area contributed by atoms with Crippen LogP contribution in [-0.2, 0) is 4.79 Å². The number of carbonyl (C=O) groups is 1. The number of amides is 1. The number of rotatable bonds is 4. The van der Waals surface area contributed by atoms with Crippen LogP contribution in [0.2, 0.25) is 0 Å². The lowest BCUT2D eigenvalue weighted by Gasteiger charge is -2.41. The first-order valence-corrected chi connectivity index (χ1v) is 7.71. The lowest BCUT2D eigenvalue weighted by molar-refractivity contribution is -0.135. The average Bonchev–Trinajstić information content (AvgIpc) is 2.54. The van der Waals surface area contributed by atoms with E-state index in [1.54, 1.807) is 0 Å². The normalized spacial score (nSPS) is 19.6. The second kappa shape index (κ2) is 6.40. The molecule has 1 amide bonds. The molecule has 0 radical (unpaired) electrons. The molecule has 1 atom stereocenters. The topological polar surface area (TPSA) is 46.3 Å². The van der Waals surface area contributed by atoms with E-state index in [0.29, 0.717) is 5.41 Å². The van der Waals surface area contributed by atoms with Gasteiger partial charge in [0.05, 0.1) is 0 Å². The average molecular weight is 274 g/mol. The first-order chi connectivity index (χ1) is 9.62. The number of hydrogen-bond donors (Lipinski definition) is 1. The van der Waals surface area contributed by atoms with Crippen molar-refractivity contribution in [1.29, 1.82) is 0 Å². The van der Waals surface area contributed by atoms with Crippen molar-refractivity contribution in [2.75, 3.05) is 13.1 Å². The second-order valence-electron chi connectivity index (χ2n) is 5.92. The number of likely N-dealkylation sites (tertiary alicyclic amines) is 1. The number of benzene rings is 1. The fraction of sp³-hybridized carbons (Fsp3) is 0.588. The Balaban J connectivity index is 1.98. The Morgan fingerprint density at radius 3 is 2.25 bits per heavy atom. The van der Waals surface area contributed by atoms with Gasteiger partial charge in [-0.15, -0.1) is 0 Å². The van der Waals surface area contributed by atoms with E-state index >= 15 is 0 Å². The van der Waals surface area contributed by atoms with Crippen LogP contribution in [-0.4, -0.2) is 23.9 Å². The summed E-state index contributed by atoms with van der Waals surface area (Å²) in [7, 11) is 0. The predicted molar refractivity (Wildman–Crippen MR) is 82.2 cm³/mol. The molecule has 0 aromatic heterocycles. The molecule has 3 nitrogen and oxygen atoms in total. The van der Waals surface area contributed by atoms with Gasteiger partial charge >= 0.3 is 0 Å². The van der Waals surface area contributed by atoms with Crippen molar-refractivity contribution >= 4 is 5.91 Å². The zero-order chi connectivity index (χ0) is 14.6. The smallest absolute Gasteiger partial charge is 0.244 e. The molecule has 1 aromatic carbocycles. The summed E-state index contributed by atoms with van der Waals surface area (Å²) in [5.74, 6) is 0.0667. The summed E-state index contributed by atoms with van der Waals surface area (Å²) < 4.78 is 0. The number of nitrogens with zero attached hydrogens (tertiary/aromatic N) is 1. The van der Waals surface area contributed by atoms with Crippen molar-refractivity contribution in [3.8, 4) is 0 Å². The van der Waals surface area contributed by atoms with Crippen LogP contribution in [0.4, 0.5) is 0 Å². The van der Waals surface area contributed by atoms with Gasteiger partial charge in [-0.1, -0.05) is 57.0 Å². The van der Waals surface area contributed by atoms with E-state index in [-0.39, 0.29) is 5.91 Å². The molecule has 1 aromatic rings.